The lowest BCUT2D eigenvalue weighted by molar-refractivity contribution is -0.139. The summed E-state index contributed by atoms with van der Waals surface area (Å²) in [4.78, 5) is 13.9. The molecule has 0 saturated carbocycles. The molecule has 2 unspecified atom stereocenters. The maximum absolute atomic E-state index is 12.0. The molecule has 4 heteroatoms. The minimum absolute atomic E-state index is 0.00258. The van der Waals surface area contributed by atoms with Crippen molar-refractivity contribution in [2.75, 3.05) is 19.7 Å². The third-order valence-electron chi connectivity index (χ3n) is 3.53. The number of rotatable bonds is 7. The Bertz CT molecular complexity index is 244. The van der Waals surface area contributed by atoms with Crippen LogP contribution in [0.4, 0.5) is 0 Å². The Morgan fingerprint density at radius 1 is 1.39 bits per heavy atom. The Labute approximate surface area is 111 Å². The van der Waals surface area contributed by atoms with Crippen LogP contribution in [0, 0.1) is 0 Å². The standard InChI is InChI=1S/C14H28N2O2/c1-3-4-5-6-7-8-14(17)16-9-10-18-13(11-16)12(2)15/h12-13H,3-11,15H2,1-2H3. The number of unbranched alkanes of at least 4 members (excludes halogenated alkanes) is 4. The first-order valence-electron chi connectivity index (χ1n) is 7.30. The van der Waals surface area contributed by atoms with Gasteiger partial charge in [0.15, 0.2) is 0 Å². The van der Waals surface area contributed by atoms with Crippen molar-refractivity contribution in [3.63, 3.8) is 0 Å². The van der Waals surface area contributed by atoms with Crippen molar-refractivity contribution in [3.8, 4) is 0 Å². The predicted molar refractivity (Wildman–Crippen MR) is 73.3 cm³/mol. The zero-order chi connectivity index (χ0) is 13.4. The van der Waals surface area contributed by atoms with Gasteiger partial charge in [0.2, 0.25) is 5.91 Å². The molecule has 0 spiro atoms. The molecule has 1 aliphatic rings. The molecule has 4 nitrogen and oxygen atoms in total. The predicted octanol–water partition coefficient (Wildman–Crippen LogP) is 1.92. The van der Waals surface area contributed by atoms with E-state index < -0.39 is 0 Å². The molecule has 2 N–H and O–H groups in total. The molecule has 0 aromatic heterocycles. The van der Waals surface area contributed by atoms with Gasteiger partial charge in [-0.1, -0.05) is 32.6 Å². The molecule has 2 atom stereocenters. The third kappa shape index (κ3) is 5.36. The summed E-state index contributed by atoms with van der Waals surface area (Å²) < 4.78 is 5.56. The lowest BCUT2D eigenvalue weighted by atomic mass is 10.1. The molecule has 1 fully saturated rings. The fourth-order valence-corrected chi connectivity index (χ4v) is 2.26. The van der Waals surface area contributed by atoms with Crippen LogP contribution in [-0.4, -0.2) is 42.6 Å². The van der Waals surface area contributed by atoms with E-state index in [-0.39, 0.29) is 18.1 Å². The monoisotopic (exact) mass is 256 g/mol. The minimum atomic E-state index is -0.00912. The summed E-state index contributed by atoms with van der Waals surface area (Å²) in [5.74, 6) is 0.264. The fraction of sp³-hybridized carbons (Fsp3) is 0.929. The highest BCUT2D eigenvalue weighted by atomic mass is 16.5. The summed E-state index contributed by atoms with van der Waals surface area (Å²) in [6.45, 7) is 6.13. The van der Waals surface area contributed by atoms with Crippen molar-refractivity contribution in [3.05, 3.63) is 0 Å². The van der Waals surface area contributed by atoms with Gasteiger partial charge in [0.1, 0.15) is 0 Å². The van der Waals surface area contributed by atoms with E-state index in [9.17, 15) is 4.79 Å². The van der Waals surface area contributed by atoms with Crippen LogP contribution in [0.5, 0.6) is 0 Å². The van der Waals surface area contributed by atoms with E-state index in [1.165, 1.54) is 25.7 Å². The molecular formula is C14H28N2O2. The largest absolute Gasteiger partial charge is 0.373 e. The van der Waals surface area contributed by atoms with Gasteiger partial charge in [-0.3, -0.25) is 4.79 Å². The SMILES string of the molecule is CCCCCCCC(=O)N1CCOC(C(C)N)C1. The Morgan fingerprint density at radius 2 is 2.11 bits per heavy atom. The summed E-state index contributed by atoms with van der Waals surface area (Å²) in [5.41, 5.74) is 5.82. The zero-order valence-corrected chi connectivity index (χ0v) is 11.9. The highest BCUT2D eigenvalue weighted by molar-refractivity contribution is 5.76. The van der Waals surface area contributed by atoms with Gasteiger partial charge in [-0.05, 0) is 13.3 Å². The van der Waals surface area contributed by atoms with Crippen molar-refractivity contribution < 1.29 is 9.53 Å². The van der Waals surface area contributed by atoms with Gasteiger partial charge in [-0.2, -0.15) is 0 Å². The number of amides is 1. The van der Waals surface area contributed by atoms with Gasteiger partial charge in [0.05, 0.1) is 12.7 Å². The number of carbonyl (C=O) groups excluding carboxylic acids is 1. The molecule has 1 heterocycles. The Hall–Kier alpha value is -0.610. The molecule has 1 saturated heterocycles. The number of carbonyl (C=O) groups is 1. The van der Waals surface area contributed by atoms with Crippen LogP contribution in [0.2, 0.25) is 0 Å². The summed E-state index contributed by atoms with van der Waals surface area (Å²) in [6, 6.07) is -0.00912. The quantitative estimate of drug-likeness (QED) is 0.708. The van der Waals surface area contributed by atoms with Gasteiger partial charge in [-0.15, -0.1) is 0 Å². The number of nitrogens with zero attached hydrogens (tertiary/aromatic N) is 1. The van der Waals surface area contributed by atoms with Crippen LogP contribution < -0.4 is 5.73 Å². The highest BCUT2D eigenvalue weighted by Crippen LogP contribution is 2.11. The number of ether oxygens (including phenoxy) is 1. The second-order valence-electron chi connectivity index (χ2n) is 5.27. The fourth-order valence-electron chi connectivity index (χ4n) is 2.26. The van der Waals surface area contributed by atoms with Crippen molar-refractivity contribution in [1.29, 1.82) is 0 Å². The van der Waals surface area contributed by atoms with Gasteiger partial charge in [-0.25, -0.2) is 0 Å². The molecular weight excluding hydrogens is 228 g/mol. The van der Waals surface area contributed by atoms with Crippen molar-refractivity contribution in [1.82, 2.24) is 4.90 Å². The molecule has 0 bridgehead atoms. The molecule has 1 amide bonds. The van der Waals surface area contributed by atoms with Crippen molar-refractivity contribution in [2.45, 2.75) is 64.5 Å². The summed E-state index contributed by atoms with van der Waals surface area (Å²) in [7, 11) is 0. The molecule has 1 rings (SSSR count). The molecule has 0 aromatic carbocycles. The molecule has 18 heavy (non-hydrogen) atoms. The van der Waals surface area contributed by atoms with Crippen LogP contribution in [0.1, 0.15) is 52.4 Å². The van der Waals surface area contributed by atoms with Crippen LogP contribution in [0.25, 0.3) is 0 Å². The van der Waals surface area contributed by atoms with E-state index in [1.807, 2.05) is 11.8 Å². The van der Waals surface area contributed by atoms with E-state index in [4.69, 9.17) is 10.5 Å². The topological polar surface area (TPSA) is 55.6 Å². The van der Waals surface area contributed by atoms with Gasteiger partial charge < -0.3 is 15.4 Å². The summed E-state index contributed by atoms with van der Waals surface area (Å²) in [6.07, 6.45) is 6.62. The van der Waals surface area contributed by atoms with Crippen LogP contribution in [-0.2, 0) is 9.53 Å². The number of morpholine rings is 1. The second kappa shape index (κ2) is 8.48. The second-order valence-corrected chi connectivity index (χ2v) is 5.27. The number of hydrogen-bond acceptors (Lipinski definition) is 3. The number of nitrogens with two attached hydrogens (primary N) is 1. The number of hydrogen-bond donors (Lipinski definition) is 1. The molecule has 0 radical (unpaired) electrons. The molecule has 1 aliphatic heterocycles. The van der Waals surface area contributed by atoms with Gasteiger partial charge in [0, 0.05) is 25.6 Å². The molecule has 0 aliphatic carbocycles. The average molecular weight is 256 g/mol. The molecule has 106 valence electrons. The lowest BCUT2D eigenvalue weighted by Gasteiger charge is -2.34. The first kappa shape index (κ1) is 15.4. The normalized spacial score (nSPS) is 21.9. The van der Waals surface area contributed by atoms with Crippen LogP contribution in [0.15, 0.2) is 0 Å². The Balaban J connectivity index is 2.20. The first-order chi connectivity index (χ1) is 8.65. The van der Waals surface area contributed by atoms with E-state index in [2.05, 4.69) is 6.92 Å². The van der Waals surface area contributed by atoms with E-state index in [0.29, 0.717) is 19.6 Å². The van der Waals surface area contributed by atoms with E-state index >= 15 is 0 Å². The third-order valence-corrected chi connectivity index (χ3v) is 3.53. The Morgan fingerprint density at radius 3 is 2.78 bits per heavy atom. The average Bonchev–Trinajstić information content (AvgIpc) is 2.38. The minimum Gasteiger partial charge on any atom is -0.373 e. The maximum atomic E-state index is 12.0. The van der Waals surface area contributed by atoms with Gasteiger partial charge in [0.25, 0.3) is 0 Å². The maximum Gasteiger partial charge on any atom is 0.222 e. The summed E-state index contributed by atoms with van der Waals surface area (Å²) >= 11 is 0. The van der Waals surface area contributed by atoms with Crippen molar-refractivity contribution >= 4 is 5.91 Å². The van der Waals surface area contributed by atoms with E-state index in [0.717, 1.165) is 13.0 Å². The molecule has 0 aromatic rings. The van der Waals surface area contributed by atoms with Crippen molar-refractivity contribution in [2.24, 2.45) is 5.73 Å². The van der Waals surface area contributed by atoms with E-state index in [1.54, 1.807) is 0 Å². The van der Waals surface area contributed by atoms with Crippen LogP contribution in [0.3, 0.4) is 0 Å². The Kier molecular flexibility index (Phi) is 7.28. The zero-order valence-electron chi connectivity index (χ0n) is 11.9. The highest BCUT2D eigenvalue weighted by Gasteiger charge is 2.25. The summed E-state index contributed by atoms with van der Waals surface area (Å²) in [5, 5.41) is 0. The smallest absolute Gasteiger partial charge is 0.222 e. The first-order valence-corrected chi connectivity index (χ1v) is 7.30. The van der Waals surface area contributed by atoms with Gasteiger partial charge >= 0.3 is 0 Å². The lowest BCUT2D eigenvalue weighted by Crippen LogP contribution is -2.51. The van der Waals surface area contributed by atoms with Crippen LogP contribution >= 0.6 is 0 Å².